The van der Waals surface area contributed by atoms with Crippen LogP contribution in [-0.4, -0.2) is 55.1 Å². The van der Waals surface area contributed by atoms with E-state index in [9.17, 15) is 18.0 Å². The van der Waals surface area contributed by atoms with Gasteiger partial charge < -0.3 is 15.1 Å². The smallest absolute Gasteiger partial charge is 0.369 e. The zero-order valence-corrected chi connectivity index (χ0v) is 17.2. The number of amides is 1. The fourth-order valence-corrected chi connectivity index (χ4v) is 4.73. The lowest BCUT2D eigenvalue weighted by Gasteiger charge is -2.22. The summed E-state index contributed by atoms with van der Waals surface area (Å²) in [6, 6.07) is 5.95. The van der Waals surface area contributed by atoms with Crippen LogP contribution in [0.25, 0.3) is 10.9 Å². The van der Waals surface area contributed by atoms with E-state index in [4.69, 9.17) is 0 Å². The van der Waals surface area contributed by atoms with Crippen LogP contribution in [-0.2, 0) is 11.0 Å². The summed E-state index contributed by atoms with van der Waals surface area (Å²) in [4.78, 5) is 20.8. The Morgan fingerprint density at radius 1 is 1.23 bits per heavy atom. The molecule has 1 unspecified atom stereocenters. The second kappa shape index (κ2) is 8.06. The van der Waals surface area contributed by atoms with Gasteiger partial charge in [-0.25, -0.2) is 0 Å². The van der Waals surface area contributed by atoms with Gasteiger partial charge in [-0.05, 0) is 56.1 Å². The van der Waals surface area contributed by atoms with Crippen LogP contribution < -0.4 is 10.2 Å². The van der Waals surface area contributed by atoms with E-state index >= 15 is 0 Å². The normalized spacial score (nSPS) is 25.2. The maximum absolute atomic E-state index is 13.4. The number of fused-ring (bicyclic) bond motifs is 1. The van der Waals surface area contributed by atoms with E-state index in [2.05, 4.69) is 34.1 Å². The van der Waals surface area contributed by atoms with Crippen molar-refractivity contribution in [3.63, 3.8) is 0 Å². The molecule has 1 aromatic carbocycles. The summed E-state index contributed by atoms with van der Waals surface area (Å²) >= 11 is 0. The molecule has 162 valence electrons. The fraction of sp³-hybridized carbons (Fsp3) is 0.545. The third-order valence-corrected chi connectivity index (χ3v) is 6.31. The molecule has 1 N–H and O–H groups in total. The highest BCUT2D eigenvalue weighted by Gasteiger charge is 2.36. The van der Waals surface area contributed by atoms with Gasteiger partial charge in [0.15, 0.2) is 0 Å². The Balaban J connectivity index is 1.49. The average Bonchev–Trinajstić information content (AvgIpc) is 3.25. The number of anilines is 1. The first kappa shape index (κ1) is 20.9. The lowest BCUT2D eigenvalue weighted by atomic mass is 10.0. The van der Waals surface area contributed by atoms with E-state index in [0.29, 0.717) is 30.8 Å². The molecule has 4 rings (SSSR count). The Bertz CT molecular complexity index is 932. The second-order valence-electron chi connectivity index (χ2n) is 8.71. The van der Waals surface area contributed by atoms with Crippen molar-refractivity contribution in [3.05, 3.63) is 36.0 Å². The van der Waals surface area contributed by atoms with Crippen LogP contribution in [0.1, 0.15) is 25.3 Å². The maximum Gasteiger partial charge on any atom is 0.418 e. The number of rotatable bonds is 4. The molecular weight excluding hydrogens is 393 g/mol. The minimum atomic E-state index is -4.45. The van der Waals surface area contributed by atoms with E-state index in [1.54, 1.807) is 12.1 Å². The van der Waals surface area contributed by atoms with E-state index in [0.717, 1.165) is 31.3 Å². The summed E-state index contributed by atoms with van der Waals surface area (Å²) in [6.45, 7) is 5.29. The van der Waals surface area contributed by atoms with Crippen molar-refractivity contribution < 1.29 is 18.0 Å². The molecule has 2 aliphatic rings. The molecule has 2 aliphatic heterocycles. The average molecular weight is 420 g/mol. The molecule has 2 aromatic rings. The van der Waals surface area contributed by atoms with Crippen LogP contribution in [0, 0.1) is 11.8 Å². The molecule has 0 aliphatic carbocycles. The van der Waals surface area contributed by atoms with Crippen molar-refractivity contribution in [3.8, 4) is 0 Å². The van der Waals surface area contributed by atoms with Crippen LogP contribution in [0.5, 0.6) is 0 Å². The summed E-state index contributed by atoms with van der Waals surface area (Å²) in [5, 5.41) is 3.65. The highest BCUT2D eigenvalue weighted by molar-refractivity contribution is 5.94. The van der Waals surface area contributed by atoms with Gasteiger partial charge in [-0.1, -0.05) is 6.92 Å². The molecule has 0 bridgehead atoms. The first-order chi connectivity index (χ1) is 14.2. The molecule has 1 aromatic heterocycles. The molecule has 30 heavy (non-hydrogen) atoms. The second-order valence-corrected chi connectivity index (χ2v) is 8.71. The summed E-state index contributed by atoms with van der Waals surface area (Å²) < 4.78 is 40.1. The predicted octanol–water partition coefficient (Wildman–Crippen LogP) is 3.54. The van der Waals surface area contributed by atoms with Gasteiger partial charge in [0.2, 0.25) is 5.91 Å². The van der Waals surface area contributed by atoms with E-state index < -0.39 is 11.7 Å². The van der Waals surface area contributed by atoms with Crippen molar-refractivity contribution >= 4 is 22.5 Å². The molecule has 5 nitrogen and oxygen atoms in total. The van der Waals surface area contributed by atoms with Crippen molar-refractivity contribution in [2.75, 3.05) is 38.1 Å². The maximum atomic E-state index is 13.4. The molecule has 3 heterocycles. The number of nitrogens with one attached hydrogen (secondary N) is 1. The highest BCUT2D eigenvalue weighted by Crippen LogP contribution is 2.38. The molecule has 3 atom stereocenters. The number of hydrogen-bond donors (Lipinski definition) is 1. The zero-order valence-electron chi connectivity index (χ0n) is 17.2. The van der Waals surface area contributed by atoms with E-state index in [1.807, 2.05) is 0 Å². The number of carbonyl (C=O) groups excluding carboxylic acids is 1. The number of alkyl halides is 3. The minimum Gasteiger partial charge on any atom is -0.369 e. The van der Waals surface area contributed by atoms with Crippen LogP contribution >= 0.6 is 0 Å². The van der Waals surface area contributed by atoms with Crippen LogP contribution in [0.2, 0.25) is 0 Å². The Kier molecular flexibility index (Phi) is 5.61. The Morgan fingerprint density at radius 2 is 2.03 bits per heavy atom. The molecule has 0 saturated carbocycles. The number of hydrogen-bond acceptors (Lipinski definition) is 4. The molecule has 2 fully saturated rings. The van der Waals surface area contributed by atoms with Crippen LogP contribution in [0.4, 0.5) is 18.9 Å². The number of carbonyl (C=O) groups is 1. The zero-order chi connectivity index (χ0) is 21.5. The topological polar surface area (TPSA) is 48.5 Å². The number of halogens is 3. The number of likely N-dealkylation sites (tertiary alicyclic amines) is 1. The Morgan fingerprint density at radius 3 is 2.73 bits per heavy atom. The minimum absolute atomic E-state index is 0.0225. The quantitative estimate of drug-likeness (QED) is 0.822. The molecule has 2 saturated heterocycles. The summed E-state index contributed by atoms with van der Waals surface area (Å²) in [5.74, 6) is 0.662. The molecule has 8 heteroatoms. The first-order valence-corrected chi connectivity index (χ1v) is 10.4. The predicted molar refractivity (Wildman–Crippen MR) is 110 cm³/mol. The lowest BCUT2D eigenvalue weighted by Crippen LogP contribution is -2.40. The van der Waals surface area contributed by atoms with Crippen molar-refractivity contribution in [1.29, 1.82) is 0 Å². The standard InChI is InChI=1S/C22H27F3N4O/c1-14-11-29(13-18(14)27-20(30)10-15-7-9-28(2)12-15)19-6-5-17(22(23,24)25)21-16(19)4-3-8-26-21/h3-6,8,14-15,18H,7,9-13H2,1-2H3,(H,27,30)/t14-,15?,18+/m1/s1. The number of aromatic nitrogens is 1. The van der Waals surface area contributed by atoms with E-state index in [1.165, 1.54) is 12.3 Å². The molecule has 1 amide bonds. The Labute approximate surface area is 174 Å². The number of pyridine rings is 1. The van der Waals surface area contributed by atoms with Gasteiger partial charge in [-0.2, -0.15) is 13.2 Å². The van der Waals surface area contributed by atoms with E-state index in [-0.39, 0.29) is 23.4 Å². The highest BCUT2D eigenvalue weighted by atomic mass is 19.4. The summed E-state index contributed by atoms with van der Waals surface area (Å²) in [7, 11) is 2.07. The molecular formula is C22H27F3N4O. The SMILES string of the molecule is C[C@@H]1CN(c2ccc(C(F)(F)F)c3ncccc23)C[C@@H]1NC(=O)CC1CCN(C)C1. The summed E-state index contributed by atoms with van der Waals surface area (Å²) in [5.41, 5.74) is -0.0272. The van der Waals surface area contributed by atoms with Gasteiger partial charge in [0.05, 0.1) is 17.1 Å². The van der Waals surface area contributed by atoms with Gasteiger partial charge in [0, 0.05) is 43.3 Å². The van der Waals surface area contributed by atoms with Gasteiger partial charge in [-0.15, -0.1) is 0 Å². The molecule has 0 spiro atoms. The monoisotopic (exact) mass is 420 g/mol. The molecule has 0 radical (unpaired) electrons. The lowest BCUT2D eigenvalue weighted by molar-refractivity contribution is -0.136. The van der Waals surface area contributed by atoms with Crippen molar-refractivity contribution in [2.45, 2.75) is 32.0 Å². The van der Waals surface area contributed by atoms with Crippen LogP contribution in [0.15, 0.2) is 30.5 Å². The van der Waals surface area contributed by atoms with Crippen LogP contribution in [0.3, 0.4) is 0 Å². The largest absolute Gasteiger partial charge is 0.418 e. The van der Waals surface area contributed by atoms with Gasteiger partial charge in [0.1, 0.15) is 0 Å². The summed E-state index contributed by atoms with van der Waals surface area (Å²) in [6.07, 6.45) is -1.49. The first-order valence-electron chi connectivity index (χ1n) is 10.4. The van der Waals surface area contributed by atoms with Crippen molar-refractivity contribution in [2.24, 2.45) is 11.8 Å². The fourth-order valence-electron chi connectivity index (χ4n) is 4.73. The number of nitrogens with zero attached hydrogens (tertiary/aromatic N) is 3. The van der Waals surface area contributed by atoms with Crippen molar-refractivity contribution in [1.82, 2.24) is 15.2 Å². The van der Waals surface area contributed by atoms with Gasteiger partial charge in [-0.3, -0.25) is 9.78 Å². The van der Waals surface area contributed by atoms with Gasteiger partial charge >= 0.3 is 6.18 Å². The Hall–Kier alpha value is -2.35. The van der Waals surface area contributed by atoms with Gasteiger partial charge in [0.25, 0.3) is 0 Å². The third kappa shape index (κ3) is 4.24. The third-order valence-electron chi connectivity index (χ3n) is 6.31. The number of benzene rings is 1.